The molecule has 0 saturated heterocycles. The topological polar surface area (TPSA) is 69.0 Å². The molecule has 0 aliphatic carbocycles. The molecule has 3 rings (SSSR count). The van der Waals surface area contributed by atoms with Crippen LogP contribution in [0.4, 0.5) is 5.69 Å². The van der Waals surface area contributed by atoms with Crippen molar-refractivity contribution in [3.63, 3.8) is 0 Å². The molecule has 2 aromatic carbocycles. The Morgan fingerprint density at radius 1 is 1.14 bits per heavy atom. The Hall–Kier alpha value is -2.51. The van der Waals surface area contributed by atoms with Crippen molar-refractivity contribution >= 4 is 35.0 Å². The van der Waals surface area contributed by atoms with Crippen LogP contribution in [0, 0.1) is 13.8 Å². The molecular weight excluding hydrogens is 408 g/mol. The number of hydrogen-bond donors (Lipinski definition) is 1. The molecule has 152 valence electrons. The fourth-order valence-corrected chi connectivity index (χ4v) is 3.49. The summed E-state index contributed by atoms with van der Waals surface area (Å²) in [5.74, 6) is 1.99. The smallest absolute Gasteiger partial charge is 0.232 e. The number of nitrogens with one attached hydrogen (secondary N) is 1. The van der Waals surface area contributed by atoms with Gasteiger partial charge < -0.3 is 14.6 Å². The maximum absolute atomic E-state index is 12.4. The summed E-state index contributed by atoms with van der Waals surface area (Å²) in [6.07, 6.45) is 0.165. The predicted molar refractivity (Wildman–Crippen MR) is 117 cm³/mol. The third-order valence-corrected chi connectivity index (χ3v) is 5.67. The van der Waals surface area contributed by atoms with Crippen LogP contribution in [0.1, 0.15) is 17.0 Å². The van der Waals surface area contributed by atoms with Crippen LogP contribution in [0.2, 0.25) is 5.02 Å². The normalized spacial score (nSPS) is 10.8. The highest BCUT2D eigenvalue weighted by Crippen LogP contribution is 2.19. The highest BCUT2D eigenvalue weighted by molar-refractivity contribution is 7.99. The van der Waals surface area contributed by atoms with Gasteiger partial charge in [0.25, 0.3) is 0 Å². The quantitative estimate of drug-likeness (QED) is 0.422. The fraction of sp³-hybridized carbons (Fsp3) is 0.286. The third kappa shape index (κ3) is 5.98. The first-order valence-corrected chi connectivity index (χ1v) is 10.6. The molecule has 0 aliphatic heterocycles. The van der Waals surface area contributed by atoms with Crippen LogP contribution in [0.5, 0.6) is 5.75 Å². The van der Waals surface area contributed by atoms with Crippen LogP contribution in [0.15, 0.2) is 47.6 Å². The maximum atomic E-state index is 12.4. The number of carbonyl (C=O) groups is 1. The largest absolute Gasteiger partial charge is 0.493 e. The van der Waals surface area contributed by atoms with Gasteiger partial charge in [0.1, 0.15) is 11.6 Å². The van der Waals surface area contributed by atoms with E-state index in [0.29, 0.717) is 23.2 Å². The van der Waals surface area contributed by atoms with E-state index >= 15 is 0 Å². The van der Waals surface area contributed by atoms with E-state index < -0.39 is 0 Å². The van der Waals surface area contributed by atoms with E-state index in [9.17, 15) is 4.79 Å². The molecule has 0 aliphatic rings. The van der Waals surface area contributed by atoms with Gasteiger partial charge in [-0.2, -0.15) is 0 Å². The second-order valence-electron chi connectivity index (χ2n) is 6.63. The molecule has 6 nitrogen and oxygen atoms in total. The van der Waals surface area contributed by atoms with Gasteiger partial charge in [0.15, 0.2) is 5.16 Å². The number of benzene rings is 2. The summed E-state index contributed by atoms with van der Waals surface area (Å²) in [4.78, 5) is 12.4. The Balaban J connectivity index is 1.48. The standard InChI is InChI=1S/C21H23ClN4O2S/c1-14-4-7-17(12-15(14)2)23-20(27)13-19-24-25-21(26(19)3)29-11-10-28-18-8-5-16(22)6-9-18/h4-9,12H,10-11,13H2,1-3H3,(H,23,27). The van der Waals surface area contributed by atoms with E-state index in [1.165, 1.54) is 17.3 Å². The number of rotatable bonds is 8. The zero-order valence-electron chi connectivity index (χ0n) is 16.6. The first kappa shape index (κ1) is 21.2. The molecule has 0 radical (unpaired) electrons. The molecule has 3 aromatic rings. The van der Waals surface area contributed by atoms with Crippen molar-refractivity contribution in [1.29, 1.82) is 0 Å². The first-order chi connectivity index (χ1) is 13.9. The van der Waals surface area contributed by atoms with E-state index in [1.54, 1.807) is 12.1 Å². The molecule has 1 heterocycles. The lowest BCUT2D eigenvalue weighted by molar-refractivity contribution is -0.115. The molecule has 29 heavy (non-hydrogen) atoms. The fourth-order valence-electron chi connectivity index (χ4n) is 2.62. The van der Waals surface area contributed by atoms with Crippen molar-refractivity contribution in [2.24, 2.45) is 7.05 Å². The van der Waals surface area contributed by atoms with Crippen molar-refractivity contribution in [3.8, 4) is 5.75 Å². The average molecular weight is 431 g/mol. The highest BCUT2D eigenvalue weighted by Gasteiger charge is 2.13. The van der Waals surface area contributed by atoms with Gasteiger partial charge in [-0.1, -0.05) is 29.4 Å². The Kier molecular flexibility index (Phi) is 7.17. The number of carbonyl (C=O) groups excluding carboxylic acids is 1. The second-order valence-corrected chi connectivity index (χ2v) is 8.13. The molecule has 0 saturated carbocycles. The van der Waals surface area contributed by atoms with Gasteiger partial charge in [0, 0.05) is 23.5 Å². The minimum atomic E-state index is -0.119. The van der Waals surface area contributed by atoms with Crippen molar-refractivity contribution in [1.82, 2.24) is 14.8 Å². The molecule has 1 amide bonds. The molecule has 1 N–H and O–H groups in total. The van der Waals surface area contributed by atoms with Gasteiger partial charge in [-0.15, -0.1) is 10.2 Å². The number of anilines is 1. The molecular formula is C21H23ClN4O2S. The molecule has 0 unspecified atom stereocenters. The Labute approximate surface area is 179 Å². The van der Waals surface area contributed by atoms with E-state index in [1.807, 2.05) is 55.8 Å². The lowest BCUT2D eigenvalue weighted by Gasteiger charge is -2.08. The number of aromatic nitrogens is 3. The van der Waals surface area contributed by atoms with E-state index in [0.717, 1.165) is 22.2 Å². The van der Waals surface area contributed by atoms with Crippen molar-refractivity contribution in [2.75, 3.05) is 17.7 Å². The van der Waals surface area contributed by atoms with Crippen LogP contribution < -0.4 is 10.1 Å². The van der Waals surface area contributed by atoms with Gasteiger partial charge in [-0.25, -0.2) is 0 Å². The number of aryl methyl sites for hydroxylation is 2. The summed E-state index contributed by atoms with van der Waals surface area (Å²) in [5, 5.41) is 12.7. The zero-order chi connectivity index (χ0) is 20.8. The van der Waals surface area contributed by atoms with Gasteiger partial charge in [0.05, 0.1) is 13.0 Å². The van der Waals surface area contributed by atoms with Crippen LogP contribution in [-0.2, 0) is 18.3 Å². The Morgan fingerprint density at radius 2 is 1.90 bits per heavy atom. The second kappa shape index (κ2) is 9.80. The lowest BCUT2D eigenvalue weighted by atomic mass is 10.1. The van der Waals surface area contributed by atoms with Gasteiger partial charge in [-0.3, -0.25) is 4.79 Å². The Bertz CT molecular complexity index is 989. The van der Waals surface area contributed by atoms with Crippen molar-refractivity contribution < 1.29 is 9.53 Å². The maximum Gasteiger partial charge on any atom is 0.232 e. The summed E-state index contributed by atoms with van der Waals surface area (Å²) in [5.41, 5.74) is 3.12. The molecule has 8 heteroatoms. The predicted octanol–water partition coefficient (Wildman–Crippen LogP) is 4.44. The molecule has 0 fully saturated rings. The summed E-state index contributed by atoms with van der Waals surface area (Å²) in [6, 6.07) is 13.1. The summed E-state index contributed by atoms with van der Waals surface area (Å²) in [7, 11) is 1.86. The summed E-state index contributed by atoms with van der Waals surface area (Å²) >= 11 is 7.39. The van der Waals surface area contributed by atoms with Gasteiger partial charge >= 0.3 is 0 Å². The van der Waals surface area contributed by atoms with Gasteiger partial charge in [0.2, 0.25) is 5.91 Å². The molecule has 0 spiro atoms. The monoisotopic (exact) mass is 430 g/mol. The summed E-state index contributed by atoms with van der Waals surface area (Å²) in [6.45, 7) is 4.59. The van der Waals surface area contributed by atoms with Crippen LogP contribution >= 0.6 is 23.4 Å². The highest BCUT2D eigenvalue weighted by atomic mass is 35.5. The number of ether oxygens (including phenoxy) is 1. The van der Waals surface area contributed by atoms with Crippen LogP contribution in [-0.4, -0.2) is 33.0 Å². The third-order valence-electron chi connectivity index (χ3n) is 4.43. The van der Waals surface area contributed by atoms with Crippen LogP contribution in [0.3, 0.4) is 0 Å². The lowest BCUT2D eigenvalue weighted by Crippen LogP contribution is -2.17. The minimum absolute atomic E-state index is 0.119. The van der Waals surface area contributed by atoms with Crippen LogP contribution in [0.25, 0.3) is 0 Å². The Morgan fingerprint density at radius 3 is 2.62 bits per heavy atom. The SMILES string of the molecule is Cc1ccc(NC(=O)Cc2nnc(SCCOc3ccc(Cl)cc3)n2C)cc1C. The summed E-state index contributed by atoms with van der Waals surface area (Å²) < 4.78 is 7.52. The van der Waals surface area contributed by atoms with Crippen molar-refractivity contribution in [3.05, 3.63) is 64.4 Å². The average Bonchev–Trinajstić information content (AvgIpc) is 3.03. The zero-order valence-corrected chi connectivity index (χ0v) is 18.2. The van der Waals surface area contributed by atoms with E-state index in [-0.39, 0.29) is 12.3 Å². The number of halogens is 1. The van der Waals surface area contributed by atoms with Crippen molar-refractivity contribution in [2.45, 2.75) is 25.4 Å². The van der Waals surface area contributed by atoms with Gasteiger partial charge in [-0.05, 0) is 61.4 Å². The minimum Gasteiger partial charge on any atom is -0.493 e. The number of hydrogen-bond acceptors (Lipinski definition) is 5. The number of nitrogens with zero attached hydrogens (tertiary/aromatic N) is 3. The molecule has 0 bridgehead atoms. The van der Waals surface area contributed by atoms with E-state index in [2.05, 4.69) is 15.5 Å². The molecule has 0 atom stereocenters. The number of thioether (sulfide) groups is 1. The van der Waals surface area contributed by atoms with E-state index in [4.69, 9.17) is 16.3 Å². The first-order valence-electron chi connectivity index (χ1n) is 9.19. The number of amides is 1. The molecule has 1 aromatic heterocycles.